The van der Waals surface area contributed by atoms with Gasteiger partial charge in [-0.1, -0.05) is 24.5 Å². The number of carbonyl (C=O) groups excluding carboxylic acids is 1. The maximum atomic E-state index is 12.3. The Balaban J connectivity index is 1.88. The molecule has 1 aromatic carbocycles. The molecule has 136 valence electrons. The van der Waals surface area contributed by atoms with Gasteiger partial charge in [-0.05, 0) is 64.7 Å². The van der Waals surface area contributed by atoms with E-state index in [0.29, 0.717) is 5.92 Å². The number of nitrogens with one attached hydrogen (secondary N) is 2. The van der Waals surface area contributed by atoms with E-state index in [0.717, 1.165) is 19.3 Å². The largest absolute Gasteiger partial charge is 0.444 e. The van der Waals surface area contributed by atoms with Crippen molar-refractivity contribution >= 4 is 17.0 Å². The van der Waals surface area contributed by atoms with Crippen LogP contribution in [0.5, 0.6) is 0 Å². The summed E-state index contributed by atoms with van der Waals surface area (Å²) in [6.45, 7) is 9.98. The van der Waals surface area contributed by atoms with Crippen molar-refractivity contribution in [1.29, 1.82) is 0 Å². The van der Waals surface area contributed by atoms with E-state index in [2.05, 4.69) is 42.5 Å². The predicted octanol–water partition coefficient (Wildman–Crippen LogP) is 5.34. The third-order valence-corrected chi connectivity index (χ3v) is 5.03. The monoisotopic (exact) mass is 342 g/mol. The van der Waals surface area contributed by atoms with Gasteiger partial charge < -0.3 is 15.0 Å². The Morgan fingerprint density at radius 2 is 1.92 bits per heavy atom. The minimum Gasteiger partial charge on any atom is -0.444 e. The number of aromatic amines is 1. The summed E-state index contributed by atoms with van der Waals surface area (Å²) in [6, 6.07) is 4.59. The van der Waals surface area contributed by atoms with Crippen LogP contribution >= 0.6 is 0 Å². The number of hydrogen-bond donors (Lipinski definition) is 2. The number of ether oxygens (including phenoxy) is 1. The van der Waals surface area contributed by atoms with Crippen molar-refractivity contribution in [3.63, 3.8) is 0 Å². The number of aryl methyl sites for hydroxylation is 2. The number of H-pyrrole nitrogens is 1. The van der Waals surface area contributed by atoms with Crippen molar-refractivity contribution in [3.05, 3.63) is 35.0 Å². The van der Waals surface area contributed by atoms with Crippen molar-refractivity contribution in [2.75, 3.05) is 0 Å². The fourth-order valence-electron chi connectivity index (χ4n) is 4.06. The van der Waals surface area contributed by atoms with Crippen LogP contribution in [0.25, 0.3) is 10.9 Å². The number of alkyl carbamates (subject to hydrolysis) is 1. The maximum absolute atomic E-state index is 12.3. The minimum atomic E-state index is -0.469. The third-order valence-electron chi connectivity index (χ3n) is 5.03. The third kappa shape index (κ3) is 4.00. The van der Waals surface area contributed by atoms with Crippen LogP contribution in [0.2, 0.25) is 0 Å². The standard InChI is InChI=1S/C21H30N2O2/c1-13-10-14(2)19-16(11-13)17(12-22-19)15-8-6-7-9-18(15)23-20(24)25-21(3,4)5/h10-12,15,18,22H,6-9H2,1-5H3,(H,23,24)/t15-,18+/m1/s1. The molecule has 2 N–H and O–H groups in total. The van der Waals surface area contributed by atoms with E-state index in [4.69, 9.17) is 4.74 Å². The second-order valence-electron chi connectivity index (χ2n) is 8.39. The Kier molecular flexibility index (Phi) is 4.81. The first-order valence-corrected chi connectivity index (χ1v) is 9.32. The lowest BCUT2D eigenvalue weighted by Crippen LogP contribution is -2.43. The Labute approximate surface area is 150 Å². The SMILES string of the molecule is Cc1cc(C)c2[nH]cc([C@H]3CCCC[C@@H]3NC(=O)OC(C)(C)C)c2c1. The van der Waals surface area contributed by atoms with Gasteiger partial charge in [0.1, 0.15) is 5.60 Å². The van der Waals surface area contributed by atoms with Crippen molar-refractivity contribution in [1.82, 2.24) is 10.3 Å². The van der Waals surface area contributed by atoms with E-state index in [1.807, 2.05) is 20.8 Å². The van der Waals surface area contributed by atoms with Crippen LogP contribution < -0.4 is 5.32 Å². The Hall–Kier alpha value is -1.97. The molecule has 2 aromatic rings. The zero-order valence-corrected chi connectivity index (χ0v) is 16.0. The lowest BCUT2D eigenvalue weighted by atomic mass is 9.79. The van der Waals surface area contributed by atoms with Crippen molar-refractivity contribution in [2.45, 2.75) is 77.9 Å². The van der Waals surface area contributed by atoms with Crippen LogP contribution in [0, 0.1) is 13.8 Å². The topological polar surface area (TPSA) is 54.1 Å². The molecule has 0 radical (unpaired) electrons. The molecule has 0 bridgehead atoms. The summed E-state index contributed by atoms with van der Waals surface area (Å²) in [5.41, 5.74) is 4.61. The first-order chi connectivity index (χ1) is 11.7. The van der Waals surface area contributed by atoms with Gasteiger partial charge in [0, 0.05) is 29.1 Å². The summed E-state index contributed by atoms with van der Waals surface area (Å²) in [7, 11) is 0. The second kappa shape index (κ2) is 6.74. The molecule has 0 unspecified atom stereocenters. The highest BCUT2D eigenvalue weighted by atomic mass is 16.6. The van der Waals surface area contributed by atoms with Gasteiger partial charge in [-0.2, -0.15) is 0 Å². The van der Waals surface area contributed by atoms with Crippen molar-refractivity contribution < 1.29 is 9.53 Å². The Morgan fingerprint density at radius 1 is 1.20 bits per heavy atom. The van der Waals surface area contributed by atoms with Crippen LogP contribution in [0.15, 0.2) is 18.3 Å². The van der Waals surface area contributed by atoms with Crippen LogP contribution in [-0.2, 0) is 4.74 Å². The van der Waals surface area contributed by atoms with Gasteiger partial charge in [-0.3, -0.25) is 0 Å². The minimum absolute atomic E-state index is 0.128. The van der Waals surface area contributed by atoms with E-state index < -0.39 is 5.60 Å². The number of carbonyl (C=O) groups is 1. The number of fused-ring (bicyclic) bond motifs is 1. The molecule has 25 heavy (non-hydrogen) atoms. The second-order valence-corrected chi connectivity index (χ2v) is 8.39. The molecule has 1 aromatic heterocycles. The van der Waals surface area contributed by atoms with E-state index in [1.54, 1.807) is 0 Å². The lowest BCUT2D eigenvalue weighted by Gasteiger charge is -2.33. The van der Waals surface area contributed by atoms with Gasteiger partial charge in [0.2, 0.25) is 0 Å². The van der Waals surface area contributed by atoms with Gasteiger partial charge >= 0.3 is 6.09 Å². The Bertz CT molecular complexity index is 770. The normalized spacial score (nSPS) is 21.3. The number of amides is 1. The zero-order chi connectivity index (χ0) is 18.2. The summed E-state index contributed by atoms with van der Waals surface area (Å²) < 4.78 is 5.47. The van der Waals surface area contributed by atoms with E-state index in [9.17, 15) is 4.79 Å². The number of hydrogen-bond acceptors (Lipinski definition) is 2. The highest BCUT2D eigenvalue weighted by molar-refractivity contribution is 5.87. The van der Waals surface area contributed by atoms with Crippen molar-refractivity contribution in [3.8, 4) is 0 Å². The molecule has 0 aliphatic heterocycles. The van der Waals surface area contributed by atoms with Crippen LogP contribution in [0.1, 0.15) is 69.1 Å². The summed E-state index contributed by atoms with van der Waals surface area (Å²) in [5, 5.41) is 4.42. The maximum Gasteiger partial charge on any atom is 0.407 e. The molecule has 1 amide bonds. The molecule has 4 heteroatoms. The van der Waals surface area contributed by atoms with E-state index in [1.165, 1.54) is 34.0 Å². The molecule has 3 rings (SSSR count). The average Bonchev–Trinajstić information content (AvgIpc) is 2.89. The first-order valence-electron chi connectivity index (χ1n) is 9.32. The highest BCUT2D eigenvalue weighted by Crippen LogP contribution is 2.38. The zero-order valence-electron chi connectivity index (χ0n) is 16.0. The summed E-state index contributed by atoms with van der Waals surface area (Å²) >= 11 is 0. The summed E-state index contributed by atoms with van der Waals surface area (Å²) in [6.07, 6.45) is 6.28. The fourth-order valence-corrected chi connectivity index (χ4v) is 4.06. The fraction of sp³-hybridized carbons (Fsp3) is 0.571. The quantitative estimate of drug-likeness (QED) is 0.774. The van der Waals surface area contributed by atoms with Gasteiger partial charge in [0.15, 0.2) is 0 Å². The molecular weight excluding hydrogens is 312 g/mol. The number of aromatic nitrogens is 1. The summed E-state index contributed by atoms with van der Waals surface area (Å²) in [5.74, 6) is 0.330. The van der Waals surface area contributed by atoms with E-state index in [-0.39, 0.29) is 12.1 Å². The molecule has 2 atom stereocenters. The van der Waals surface area contributed by atoms with Crippen molar-refractivity contribution in [2.24, 2.45) is 0 Å². The number of rotatable bonds is 2. The van der Waals surface area contributed by atoms with Crippen LogP contribution in [0.3, 0.4) is 0 Å². The molecule has 0 spiro atoms. The molecule has 1 aliphatic rings. The molecule has 1 heterocycles. The van der Waals surface area contributed by atoms with Crippen LogP contribution in [0.4, 0.5) is 4.79 Å². The molecule has 1 fully saturated rings. The Morgan fingerprint density at radius 3 is 2.64 bits per heavy atom. The summed E-state index contributed by atoms with van der Waals surface area (Å²) in [4.78, 5) is 15.7. The highest BCUT2D eigenvalue weighted by Gasteiger charge is 2.31. The predicted molar refractivity (Wildman–Crippen MR) is 102 cm³/mol. The van der Waals surface area contributed by atoms with Gasteiger partial charge in [0.25, 0.3) is 0 Å². The first kappa shape index (κ1) is 17.8. The lowest BCUT2D eigenvalue weighted by molar-refractivity contribution is 0.0485. The number of benzene rings is 1. The van der Waals surface area contributed by atoms with Gasteiger partial charge in [-0.15, -0.1) is 0 Å². The molecule has 1 saturated carbocycles. The molecule has 1 aliphatic carbocycles. The smallest absolute Gasteiger partial charge is 0.407 e. The van der Waals surface area contributed by atoms with Gasteiger partial charge in [-0.25, -0.2) is 4.79 Å². The molecule has 0 saturated heterocycles. The van der Waals surface area contributed by atoms with Crippen LogP contribution in [-0.4, -0.2) is 22.7 Å². The van der Waals surface area contributed by atoms with Gasteiger partial charge in [0.05, 0.1) is 0 Å². The average molecular weight is 342 g/mol. The molecule has 4 nitrogen and oxygen atoms in total. The van der Waals surface area contributed by atoms with E-state index >= 15 is 0 Å². The molecular formula is C21H30N2O2.